The van der Waals surface area contributed by atoms with Gasteiger partial charge in [0, 0.05) is 32.9 Å². The van der Waals surface area contributed by atoms with Gasteiger partial charge in [-0.2, -0.15) is 0 Å². The van der Waals surface area contributed by atoms with E-state index >= 15 is 0 Å². The minimum atomic E-state index is 0.599. The first-order chi connectivity index (χ1) is 10.5. The second kappa shape index (κ2) is 8.63. The molecule has 0 radical (unpaired) electrons. The monoisotopic (exact) mass is 370 g/mol. The molecule has 2 N–H and O–H groups in total. The Morgan fingerprint density at radius 2 is 1.77 bits per heavy atom. The molecule has 2 aromatic carbocycles. The third-order valence-corrected chi connectivity index (χ3v) is 4.67. The van der Waals surface area contributed by atoms with Crippen LogP contribution in [0.3, 0.4) is 0 Å². The molecule has 6 heteroatoms. The molecule has 0 spiro atoms. The maximum absolute atomic E-state index is 5.99. The van der Waals surface area contributed by atoms with Crippen molar-refractivity contribution in [2.24, 2.45) is 0 Å². The first kappa shape index (κ1) is 17.4. The third-order valence-electron chi connectivity index (χ3n) is 2.92. The first-order valence-electron chi connectivity index (χ1n) is 6.74. The van der Waals surface area contributed by atoms with Crippen LogP contribution < -0.4 is 10.6 Å². The minimum Gasteiger partial charge on any atom is -0.362 e. The number of hydrogen-bond acceptors (Lipinski definition) is 2. The fraction of sp³-hybridized carbons (Fsp3) is 0.188. The van der Waals surface area contributed by atoms with E-state index in [2.05, 4.69) is 10.6 Å². The number of aryl methyl sites for hydroxylation is 1. The number of thioether (sulfide) groups is 1. The number of hydrogen-bond donors (Lipinski definition) is 2. The van der Waals surface area contributed by atoms with E-state index in [0.717, 1.165) is 28.6 Å². The maximum atomic E-state index is 5.99. The largest absolute Gasteiger partial charge is 0.362 e. The molecule has 0 aliphatic rings. The zero-order chi connectivity index (χ0) is 15.9. The molecule has 0 fully saturated rings. The molecule has 0 saturated carbocycles. The van der Waals surface area contributed by atoms with Crippen LogP contribution in [0.4, 0.5) is 5.69 Å². The average Bonchev–Trinajstić information content (AvgIpc) is 2.49. The second-order valence-electron chi connectivity index (χ2n) is 4.64. The Morgan fingerprint density at radius 1 is 1.09 bits per heavy atom. The molecule has 116 valence electrons. The van der Waals surface area contributed by atoms with Crippen LogP contribution in [0.15, 0.2) is 47.4 Å². The van der Waals surface area contributed by atoms with Crippen molar-refractivity contribution >= 4 is 58.0 Å². The van der Waals surface area contributed by atoms with Crippen molar-refractivity contribution in [2.75, 3.05) is 17.6 Å². The summed E-state index contributed by atoms with van der Waals surface area (Å²) in [5.74, 6) is 0.915. The van der Waals surface area contributed by atoms with E-state index < -0.39 is 0 Å². The van der Waals surface area contributed by atoms with E-state index in [0.29, 0.717) is 10.1 Å². The Morgan fingerprint density at radius 3 is 2.50 bits per heavy atom. The van der Waals surface area contributed by atoms with E-state index in [1.807, 2.05) is 49.4 Å². The van der Waals surface area contributed by atoms with Crippen molar-refractivity contribution in [2.45, 2.75) is 11.8 Å². The van der Waals surface area contributed by atoms with Crippen LogP contribution in [-0.2, 0) is 0 Å². The van der Waals surface area contributed by atoms with Gasteiger partial charge in [0.2, 0.25) is 0 Å². The Hall–Kier alpha value is -0.940. The minimum absolute atomic E-state index is 0.599. The number of halogens is 2. The highest BCUT2D eigenvalue weighted by atomic mass is 35.5. The highest BCUT2D eigenvalue weighted by Gasteiger charge is 2.02. The van der Waals surface area contributed by atoms with Crippen LogP contribution in [0.1, 0.15) is 5.56 Å². The predicted octanol–water partition coefficient (Wildman–Crippen LogP) is 5.38. The zero-order valence-electron chi connectivity index (χ0n) is 12.0. The lowest BCUT2D eigenvalue weighted by Crippen LogP contribution is -2.30. The van der Waals surface area contributed by atoms with Crippen molar-refractivity contribution in [3.63, 3.8) is 0 Å². The fourth-order valence-corrected chi connectivity index (χ4v) is 3.04. The van der Waals surface area contributed by atoms with Gasteiger partial charge in [-0.05, 0) is 61.1 Å². The van der Waals surface area contributed by atoms with Crippen LogP contribution in [0.25, 0.3) is 0 Å². The maximum Gasteiger partial charge on any atom is 0.170 e. The molecule has 0 bridgehead atoms. The van der Waals surface area contributed by atoms with E-state index in [9.17, 15) is 0 Å². The lowest BCUT2D eigenvalue weighted by Gasteiger charge is -2.12. The van der Waals surface area contributed by atoms with Crippen LogP contribution in [0.5, 0.6) is 0 Å². The SMILES string of the molecule is Cc1ccc(Cl)cc1NC(=S)NCCSc1ccc(Cl)cc1. The summed E-state index contributed by atoms with van der Waals surface area (Å²) in [6.45, 7) is 2.79. The second-order valence-corrected chi connectivity index (χ2v) is 7.09. The molecule has 2 aromatic rings. The van der Waals surface area contributed by atoms with Crippen molar-refractivity contribution in [3.8, 4) is 0 Å². The molecule has 0 aliphatic carbocycles. The Balaban J connectivity index is 1.74. The molecule has 0 unspecified atom stereocenters. The van der Waals surface area contributed by atoms with Crippen molar-refractivity contribution in [1.82, 2.24) is 5.32 Å². The number of rotatable bonds is 5. The summed E-state index contributed by atoms with van der Waals surface area (Å²) in [4.78, 5) is 1.19. The molecule has 2 nitrogen and oxygen atoms in total. The van der Waals surface area contributed by atoms with E-state index in [1.54, 1.807) is 11.8 Å². The van der Waals surface area contributed by atoms with Crippen LogP contribution >= 0.6 is 47.2 Å². The van der Waals surface area contributed by atoms with Gasteiger partial charge in [0.1, 0.15) is 0 Å². The molecule has 0 atom stereocenters. The molecule has 0 saturated heterocycles. The summed E-state index contributed by atoms with van der Waals surface area (Å²) in [6, 6.07) is 13.5. The highest BCUT2D eigenvalue weighted by molar-refractivity contribution is 7.99. The summed E-state index contributed by atoms with van der Waals surface area (Å²) in [7, 11) is 0. The lowest BCUT2D eigenvalue weighted by atomic mass is 10.2. The lowest BCUT2D eigenvalue weighted by molar-refractivity contribution is 0.989. The van der Waals surface area contributed by atoms with Gasteiger partial charge < -0.3 is 10.6 Å². The van der Waals surface area contributed by atoms with Crippen LogP contribution in [0.2, 0.25) is 10.0 Å². The van der Waals surface area contributed by atoms with Crippen LogP contribution in [0, 0.1) is 6.92 Å². The van der Waals surface area contributed by atoms with Crippen molar-refractivity contribution < 1.29 is 0 Å². The molecule has 22 heavy (non-hydrogen) atoms. The summed E-state index contributed by atoms with van der Waals surface area (Å²) in [6.07, 6.45) is 0. The van der Waals surface area contributed by atoms with Gasteiger partial charge in [-0.25, -0.2) is 0 Å². The van der Waals surface area contributed by atoms with Gasteiger partial charge >= 0.3 is 0 Å². The fourth-order valence-electron chi connectivity index (χ4n) is 1.76. The summed E-state index contributed by atoms with van der Waals surface area (Å²) >= 11 is 18.9. The van der Waals surface area contributed by atoms with Gasteiger partial charge in [0.25, 0.3) is 0 Å². The van der Waals surface area contributed by atoms with E-state index in [-0.39, 0.29) is 0 Å². The van der Waals surface area contributed by atoms with Gasteiger partial charge in [0.15, 0.2) is 5.11 Å². The van der Waals surface area contributed by atoms with E-state index in [1.165, 1.54) is 4.90 Å². The quantitative estimate of drug-likeness (QED) is 0.419. The average molecular weight is 371 g/mol. The molecular weight excluding hydrogens is 355 g/mol. The van der Waals surface area contributed by atoms with Crippen molar-refractivity contribution in [1.29, 1.82) is 0 Å². The number of anilines is 1. The van der Waals surface area contributed by atoms with Gasteiger partial charge in [0.05, 0.1) is 0 Å². The highest BCUT2D eigenvalue weighted by Crippen LogP contribution is 2.21. The topological polar surface area (TPSA) is 24.1 Å². The molecule has 0 amide bonds. The van der Waals surface area contributed by atoms with E-state index in [4.69, 9.17) is 35.4 Å². The Labute approximate surface area is 150 Å². The first-order valence-corrected chi connectivity index (χ1v) is 8.89. The zero-order valence-corrected chi connectivity index (χ0v) is 15.2. The van der Waals surface area contributed by atoms with Gasteiger partial charge in [-0.3, -0.25) is 0 Å². The van der Waals surface area contributed by atoms with Crippen LogP contribution in [-0.4, -0.2) is 17.4 Å². The molecule has 2 rings (SSSR count). The van der Waals surface area contributed by atoms with Gasteiger partial charge in [-0.1, -0.05) is 29.3 Å². The molecule has 0 aromatic heterocycles. The molecule has 0 aliphatic heterocycles. The Bertz CT molecular complexity index is 645. The molecular formula is C16H16Cl2N2S2. The predicted molar refractivity (Wildman–Crippen MR) is 103 cm³/mol. The standard InChI is InChI=1S/C16H16Cl2N2S2/c1-11-2-3-13(18)10-15(11)20-16(21)19-8-9-22-14-6-4-12(17)5-7-14/h2-7,10H,8-9H2,1H3,(H2,19,20,21). The Kier molecular flexibility index (Phi) is 6.83. The summed E-state index contributed by atoms with van der Waals surface area (Å²) in [5, 5.41) is 8.40. The number of benzene rings is 2. The number of nitrogens with one attached hydrogen (secondary N) is 2. The number of thiocarbonyl (C=S) groups is 1. The summed E-state index contributed by atoms with van der Waals surface area (Å²) < 4.78 is 0. The smallest absolute Gasteiger partial charge is 0.170 e. The third kappa shape index (κ3) is 5.69. The van der Waals surface area contributed by atoms with Gasteiger partial charge in [-0.15, -0.1) is 11.8 Å². The van der Waals surface area contributed by atoms with Crippen molar-refractivity contribution in [3.05, 3.63) is 58.1 Å². The summed E-state index contributed by atoms with van der Waals surface area (Å²) in [5.41, 5.74) is 2.03. The molecule has 0 heterocycles. The normalized spacial score (nSPS) is 10.3.